The number of amides is 1. The highest BCUT2D eigenvalue weighted by Gasteiger charge is 2.24. The quantitative estimate of drug-likeness (QED) is 0.462. The molecule has 180 valence electrons. The van der Waals surface area contributed by atoms with E-state index in [0.717, 1.165) is 5.39 Å². The van der Waals surface area contributed by atoms with Gasteiger partial charge in [0.15, 0.2) is 6.61 Å². The van der Waals surface area contributed by atoms with Crippen LogP contribution in [0.25, 0.3) is 10.9 Å². The Hall–Kier alpha value is -3.50. The van der Waals surface area contributed by atoms with Crippen molar-refractivity contribution in [3.05, 3.63) is 59.8 Å². The van der Waals surface area contributed by atoms with Gasteiger partial charge in [-0.2, -0.15) is 4.31 Å². The number of methoxy groups -OCH3 is 1. The lowest BCUT2D eigenvalue weighted by Gasteiger charge is -2.20. The molecular formula is C24H27N3O6S. The van der Waals surface area contributed by atoms with Gasteiger partial charge in [0.1, 0.15) is 11.4 Å². The van der Waals surface area contributed by atoms with E-state index in [1.165, 1.54) is 16.4 Å². The lowest BCUT2D eigenvalue weighted by atomic mass is 10.2. The van der Waals surface area contributed by atoms with Crippen LogP contribution < -0.4 is 10.1 Å². The predicted molar refractivity (Wildman–Crippen MR) is 128 cm³/mol. The fourth-order valence-electron chi connectivity index (χ4n) is 3.40. The minimum absolute atomic E-state index is 0.0633. The molecule has 0 atom stereocenters. The molecule has 0 aliphatic carbocycles. The number of ether oxygens (including phenoxy) is 2. The van der Waals surface area contributed by atoms with Gasteiger partial charge in [0.05, 0.1) is 17.5 Å². The first-order valence-corrected chi connectivity index (χ1v) is 12.2. The third kappa shape index (κ3) is 5.52. The zero-order valence-corrected chi connectivity index (χ0v) is 20.3. The highest BCUT2D eigenvalue weighted by molar-refractivity contribution is 7.89. The Morgan fingerprint density at radius 2 is 1.76 bits per heavy atom. The van der Waals surface area contributed by atoms with Crippen molar-refractivity contribution < 1.29 is 27.5 Å². The van der Waals surface area contributed by atoms with Crippen molar-refractivity contribution in [1.82, 2.24) is 9.29 Å². The molecule has 10 heteroatoms. The number of aryl methyl sites for hydroxylation is 1. The fourth-order valence-corrected chi connectivity index (χ4v) is 5.11. The Morgan fingerprint density at radius 1 is 1.03 bits per heavy atom. The third-order valence-corrected chi connectivity index (χ3v) is 7.43. The molecule has 0 fully saturated rings. The largest absolute Gasteiger partial charge is 0.497 e. The Balaban J connectivity index is 1.67. The standard InChI is InChI=1S/C24H27N3O6S/c1-5-27(6-2)34(30,31)22-14-18(9-7-16(22)3)25-23(28)15-33-24(29)21-11-8-17-13-19(32-4)10-12-20(17)26-21/h7-14H,5-6,15H2,1-4H3,(H,25,28). The van der Waals surface area contributed by atoms with Gasteiger partial charge in [0, 0.05) is 24.2 Å². The predicted octanol–water partition coefficient (Wildman–Crippen LogP) is 3.38. The average Bonchev–Trinajstić information content (AvgIpc) is 2.83. The maximum absolute atomic E-state index is 12.9. The molecule has 2 aromatic carbocycles. The number of aromatic nitrogens is 1. The van der Waals surface area contributed by atoms with Crippen LogP contribution in [0.2, 0.25) is 0 Å². The number of esters is 1. The highest BCUT2D eigenvalue weighted by Crippen LogP contribution is 2.24. The number of sulfonamides is 1. The summed E-state index contributed by atoms with van der Waals surface area (Å²) in [5.74, 6) is -0.680. The lowest BCUT2D eigenvalue weighted by Crippen LogP contribution is -2.31. The number of anilines is 1. The van der Waals surface area contributed by atoms with Crippen molar-refractivity contribution in [2.75, 3.05) is 32.1 Å². The van der Waals surface area contributed by atoms with E-state index >= 15 is 0 Å². The summed E-state index contributed by atoms with van der Waals surface area (Å²) in [5.41, 5.74) is 1.50. The van der Waals surface area contributed by atoms with Crippen molar-refractivity contribution >= 4 is 38.5 Å². The number of rotatable bonds is 9. The highest BCUT2D eigenvalue weighted by atomic mass is 32.2. The van der Waals surface area contributed by atoms with E-state index in [9.17, 15) is 18.0 Å². The molecule has 1 amide bonds. The number of pyridine rings is 1. The summed E-state index contributed by atoms with van der Waals surface area (Å²) in [6.45, 7) is 5.33. The topological polar surface area (TPSA) is 115 Å². The number of carbonyl (C=O) groups is 2. The van der Waals surface area contributed by atoms with Crippen molar-refractivity contribution in [1.29, 1.82) is 0 Å². The molecule has 0 aliphatic rings. The first kappa shape index (κ1) is 25.1. The summed E-state index contributed by atoms with van der Waals surface area (Å²) < 4.78 is 37.4. The maximum Gasteiger partial charge on any atom is 0.357 e. The summed E-state index contributed by atoms with van der Waals surface area (Å²) in [6, 6.07) is 13.1. The zero-order chi connectivity index (χ0) is 24.9. The fraction of sp³-hybridized carbons (Fsp3) is 0.292. The molecule has 9 nitrogen and oxygen atoms in total. The summed E-state index contributed by atoms with van der Waals surface area (Å²) in [4.78, 5) is 29.1. The molecule has 1 heterocycles. The van der Waals surface area contributed by atoms with Crippen LogP contribution in [0.1, 0.15) is 29.9 Å². The van der Waals surface area contributed by atoms with Crippen LogP contribution in [0.3, 0.4) is 0 Å². The van der Waals surface area contributed by atoms with E-state index in [-0.39, 0.29) is 16.3 Å². The number of hydrogen-bond donors (Lipinski definition) is 1. The zero-order valence-electron chi connectivity index (χ0n) is 19.5. The van der Waals surface area contributed by atoms with E-state index in [1.807, 2.05) is 0 Å². The van der Waals surface area contributed by atoms with Gasteiger partial charge in [-0.25, -0.2) is 18.2 Å². The van der Waals surface area contributed by atoms with Crippen molar-refractivity contribution in [2.45, 2.75) is 25.7 Å². The van der Waals surface area contributed by atoms with E-state index in [1.54, 1.807) is 64.3 Å². The molecule has 1 aromatic heterocycles. The van der Waals surface area contributed by atoms with Crippen LogP contribution in [0, 0.1) is 6.92 Å². The van der Waals surface area contributed by atoms with Crippen molar-refractivity contribution in [2.24, 2.45) is 0 Å². The van der Waals surface area contributed by atoms with Gasteiger partial charge >= 0.3 is 5.97 Å². The van der Waals surface area contributed by atoms with Gasteiger partial charge < -0.3 is 14.8 Å². The Kier molecular flexibility index (Phi) is 7.85. The van der Waals surface area contributed by atoms with Gasteiger partial charge in [-0.05, 0) is 48.9 Å². The van der Waals surface area contributed by atoms with Gasteiger partial charge in [-0.15, -0.1) is 0 Å². The molecule has 1 N–H and O–H groups in total. The number of hydrogen-bond acceptors (Lipinski definition) is 7. The molecule has 3 aromatic rings. The van der Waals surface area contributed by atoms with E-state index in [4.69, 9.17) is 9.47 Å². The number of nitrogens with zero attached hydrogens (tertiary/aromatic N) is 2. The van der Waals surface area contributed by atoms with Gasteiger partial charge in [0.2, 0.25) is 10.0 Å². The first-order valence-electron chi connectivity index (χ1n) is 10.7. The smallest absolute Gasteiger partial charge is 0.357 e. The Labute approximate surface area is 198 Å². The molecule has 3 rings (SSSR count). The van der Waals surface area contributed by atoms with Crippen LogP contribution in [0.4, 0.5) is 5.69 Å². The molecule has 0 saturated carbocycles. The molecule has 0 saturated heterocycles. The molecule has 0 unspecified atom stereocenters. The number of nitrogens with one attached hydrogen (secondary N) is 1. The van der Waals surface area contributed by atoms with Crippen LogP contribution in [0.5, 0.6) is 5.75 Å². The summed E-state index contributed by atoms with van der Waals surface area (Å²) in [6.07, 6.45) is 0. The molecule has 0 radical (unpaired) electrons. The van der Waals surface area contributed by atoms with Crippen LogP contribution in [0.15, 0.2) is 53.4 Å². The third-order valence-electron chi connectivity index (χ3n) is 5.23. The van der Waals surface area contributed by atoms with E-state index in [2.05, 4.69) is 10.3 Å². The SMILES string of the molecule is CCN(CC)S(=O)(=O)c1cc(NC(=O)COC(=O)c2ccc3cc(OC)ccc3n2)ccc1C. The first-order chi connectivity index (χ1) is 16.2. The van der Waals surface area contributed by atoms with Gasteiger partial charge in [0.25, 0.3) is 5.91 Å². The number of carbonyl (C=O) groups excluding carboxylic acids is 2. The van der Waals surface area contributed by atoms with Crippen molar-refractivity contribution in [3.8, 4) is 5.75 Å². The summed E-state index contributed by atoms with van der Waals surface area (Å²) >= 11 is 0. The second kappa shape index (κ2) is 10.6. The minimum Gasteiger partial charge on any atom is -0.497 e. The second-order valence-electron chi connectivity index (χ2n) is 7.45. The second-order valence-corrected chi connectivity index (χ2v) is 9.36. The molecule has 0 spiro atoms. The Bertz CT molecular complexity index is 1320. The molecular weight excluding hydrogens is 458 g/mol. The monoisotopic (exact) mass is 485 g/mol. The van der Waals surface area contributed by atoms with Crippen LogP contribution in [-0.2, 0) is 19.6 Å². The van der Waals surface area contributed by atoms with Gasteiger partial charge in [-0.1, -0.05) is 26.0 Å². The number of benzene rings is 2. The molecule has 0 bridgehead atoms. The van der Waals surface area contributed by atoms with Crippen molar-refractivity contribution in [3.63, 3.8) is 0 Å². The summed E-state index contributed by atoms with van der Waals surface area (Å²) in [5, 5.41) is 3.37. The lowest BCUT2D eigenvalue weighted by molar-refractivity contribution is -0.119. The molecule has 0 aliphatic heterocycles. The Morgan fingerprint density at radius 3 is 2.44 bits per heavy atom. The average molecular weight is 486 g/mol. The number of fused-ring (bicyclic) bond motifs is 1. The molecule has 34 heavy (non-hydrogen) atoms. The van der Waals surface area contributed by atoms with Crippen LogP contribution >= 0.6 is 0 Å². The van der Waals surface area contributed by atoms with Crippen LogP contribution in [-0.4, -0.2) is 56.4 Å². The van der Waals surface area contributed by atoms with Gasteiger partial charge in [-0.3, -0.25) is 4.79 Å². The van der Waals surface area contributed by atoms with E-state index in [0.29, 0.717) is 29.9 Å². The normalized spacial score (nSPS) is 11.4. The summed E-state index contributed by atoms with van der Waals surface area (Å²) in [7, 11) is -2.13. The maximum atomic E-state index is 12.9. The minimum atomic E-state index is -3.69. The van der Waals surface area contributed by atoms with E-state index < -0.39 is 28.5 Å².